The molecule has 17 heavy (non-hydrogen) atoms. The SMILES string of the molecule is Cc1cc(F)ccc1CNCC(C)CC(C)O. The van der Waals surface area contributed by atoms with Crippen LogP contribution in [0.1, 0.15) is 31.4 Å². The van der Waals surface area contributed by atoms with Gasteiger partial charge in [-0.15, -0.1) is 0 Å². The van der Waals surface area contributed by atoms with Gasteiger partial charge in [0, 0.05) is 6.54 Å². The van der Waals surface area contributed by atoms with Crippen molar-refractivity contribution in [1.82, 2.24) is 5.32 Å². The zero-order valence-corrected chi connectivity index (χ0v) is 10.8. The molecule has 0 spiro atoms. The summed E-state index contributed by atoms with van der Waals surface area (Å²) in [6, 6.07) is 4.86. The van der Waals surface area contributed by atoms with Crippen molar-refractivity contribution in [3.05, 3.63) is 35.1 Å². The molecule has 2 nitrogen and oxygen atoms in total. The summed E-state index contributed by atoms with van der Waals surface area (Å²) in [5, 5.41) is 12.6. The summed E-state index contributed by atoms with van der Waals surface area (Å²) >= 11 is 0. The highest BCUT2D eigenvalue weighted by molar-refractivity contribution is 5.26. The van der Waals surface area contributed by atoms with Crippen molar-refractivity contribution in [2.75, 3.05) is 6.54 Å². The van der Waals surface area contributed by atoms with Crippen molar-refractivity contribution < 1.29 is 9.50 Å². The van der Waals surface area contributed by atoms with Crippen molar-refractivity contribution >= 4 is 0 Å². The van der Waals surface area contributed by atoms with E-state index in [1.165, 1.54) is 6.07 Å². The Balaban J connectivity index is 2.35. The molecule has 2 unspecified atom stereocenters. The van der Waals surface area contributed by atoms with Gasteiger partial charge in [0.1, 0.15) is 5.82 Å². The smallest absolute Gasteiger partial charge is 0.123 e. The lowest BCUT2D eigenvalue weighted by atomic mass is 10.0. The highest BCUT2D eigenvalue weighted by atomic mass is 19.1. The lowest BCUT2D eigenvalue weighted by molar-refractivity contribution is 0.163. The molecule has 0 saturated heterocycles. The minimum atomic E-state index is -0.251. The van der Waals surface area contributed by atoms with Gasteiger partial charge >= 0.3 is 0 Å². The van der Waals surface area contributed by atoms with Gasteiger partial charge in [0.15, 0.2) is 0 Å². The number of aliphatic hydroxyl groups excluding tert-OH is 1. The number of benzene rings is 1. The minimum Gasteiger partial charge on any atom is -0.393 e. The topological polar surface area (TPSA) is 32.3 Å². The average Bonchev–Trinajstić information content (AvgIpc) is 2.20. The fraction of sp³-hybridized carbons (Fsp3) is 0.571. The van der Waals surface area contributed by atoms with Gasteiger partial charge in [-0.2, -0.15) is 0 Å². The highest BCUT2D eigenvalue weighted by Gasteiger charge is 2.06. The predicted molar refractivity (Wildman–Crippen MR) is 68.3 cm³/mol. The zero-order chi connectivity index (χ0) is 12.8. The Bertz CT molecular complexity index is 352. The normalized spacial score (nSPS) is 14.6. The van der Waals surface area contributed by atoms with Crippen molar-refractivity contribution in [2.24, 2.45) is 5.92 Å². The Kier molecular flexibility index (Phi) is 5.59. The first-order valence-corrected chi connectivity index (χ1v) is 6.13. The number of aryl methyl sites for hydroxylation is 1. The second-order valence-electron chi connectivity index (χ2n) is 4.89. The molecule has 0 bridgehead atoms. The minimum absolute atomic E-state index is 0.186. The number of aliphatic hydroxyl groups is 1. The van der Waals surface area contributed by atoms with Gasteiger partial charge in [-0.05, 0) is 56.0 Å². The molecule has 0 aliphatic carbocycles. The van der Waals surface area contributed by atoms with Crippen LogP contribution in [-0.4, -0.2) is 17.8 Å². The lowest BCUT2D eigenvalue weighted by Gasteiger charge is -2.15. The summed E-state index contributed by atoms with van der Waals surface area (Å²) in [5.41, 5.74) is 2.09. The molecule has 0 amide bonds. The van der Waals surface area contributed by atoms with Gasteiger partial charge in [-0.25, -0.2) is 4.39 Å². The Morgan fingerprint density at radius 3 is 2.65 bits per heavy atom. The summed E-state index contributed by atoms with van der Waals surface area (Å²) in [6.45, 7) is 7.44. The molecule has 1 aromatic carbocycles. The zero-order valence-electron chi connectivity index (χ0n) is 10.8. The van der Waals surface area contributed by atoms with E-state index < -0.39 is 0 Å². The Labute approximate surface area is 103 Å². The van der Waals surface area contributed by atoms with Crippen molar-refractivity contribution in [3.8, 4) is 0 Å². The maximum atomic E-state index is 12.9. The van der Waals surface area contributed by atoms with E-state index in [9.17, 15) is 9.50 Å². The largest absolute Gasteiger partial charge is 0.393 e. The quantitative estimate of drug-likeness (QED) is 0.800. The van der Waals surface area contributed by atoms with E-state index in [4.69, 9.17) is 0 Å². The first kappa shape index (κ1) is 14.1. The Morgan fingerprint density at radius 1 is 1.35 bits per heavy atom. The van der Waals surface area contributed by atoms with Crippen molar-refractivity contribution in [1.29, 1.82) is 0 Å². The summed E-state index contributed by atoms with van der Waals surface area (Å²) < 4.78 is 12.9. The van der Waals surface area contributed by atoms with Gasteiger partial charge in [0.2, 0.25) is 0 Å². The van der Waals surface area contributed by atoms with Gasteiger partial charge in [-0.3, -0.25) is 0 Å². The third kappa shape index (κ3) is 5.29. The maximum Gasteiger partial charge on any atom is 0.123 e. The molecule has 2 atom stereocenters. The monoisotopic (exact) mass is 239 g/mol. The fourth-order valence-corrected chi connectivity index (χ4v) is 1.98. The molecular weight excluding hydrogens is 217 g/mol. The molecule has 3 heteroatoms. The van der Waals surface area contributed by atoms with E-state index in [1.807, 2.05) is 13.0 Å². The fourth-order valence-electron chi connectivity index (χ4n) is 1.98. The van der Waals surface area contributed by atoms with E-state index in [0.29, 0.717) is 5.92 Å². The van der Waals surface area contributed by atoms with Gasteiger partial charge in [0.05, 0.1) is 6.10 Å². The molecular formula is C14H22FNO. The maximum absolute atomic E-state index is 12.9. The van der Waals surface area contributed by atoms with Crippen LogP contribution in [0.15, 0.2) is 18.2 Å². The Hall–Kier alpha value is -0.930. The lowest BCUT2D eigenvalue weighted by Crippen LogP contribution is -2.23. The third-order valence-electron chi connectivity index (χ3n) is 2.86. The van der Waals surface area contributed by atoms with E-state index >= 15 is 0 Å². The van der Waals surface area contributed by atoms with E-state index in [1.54, 1.807) is 13.0 Å². The number of hydrogen-bond acceptors (Lipinski definition) is 2. The molecule has 1 rings (SSSR count). The second-order valence-corrected chi connectivity index (χ2v) is 4.89. The molecule has 2 N–H and O–H groups in total. The summed E-state index contributed by atoms with van der Waals surface area (Å²) in [4.78, 5) is 0. The van der Waals surface area contributed by atoms with Crippen molar-refractivity contribution in [3.63, 3.8) is 0 Å². The summed E-state index contributed by atoms with van der Waals surface area (Å²) in [7, 11) is 0. The molecule has 0 aliphatic rings. The number of rotatable bonds is 6. The van der Waals surface area contributed by atoms with Crippen molar-refractivity contribution in [2.45, 2.75) is 39.8 Å². The Morgan fingerprint density at radius 2 is 2.06 bits per heavy atom. The van der Waals surface area contributed by atoms with E-state index in [-0.39, 0.29) is 11.9 Å². The van der Waals surface area contributed by atoms with Crippen LogP contribution >= 0.6 is 0 Å². The van der Waals surface area contributed by atoms with Crippen LogP contribution in [0.3, 0.4) is 0 Å². The van der Waals surface area contributed by atoms with Gasteiger partial charge in [0.25, 0.3) is 0 Å². The highest BCUT2D eigenvalue weighted by Crippen LogP contribution is 2.10. The van der Waals surface area contributed by atoms with Gasteiger partial charge in [-0.1, -0.05) is 13.0 Å². The number of nitrogens with one attached hydrogen (secondary N) is 1. The standard InChI is InChI=1S/C14H22FNO/c1-10(6-12(3)17)8-16-9-13-4-5-14(15)7-11(13)2/h4-5,7,10,12,16-17H,6,8-9H2,1-3H3. The molecule has 0 fully saturated rings. The van der Waals surface area contributed by atoms with Crippen LogP contribution < -0.4 is 5.32 Å². The third-order valence-corrected chi connectivity index (χ3v) is 2.86. The number of halogens is 1. The van der Waals surface area contributed by atoms with Crippen LogP contribution in [0.25, 0.3) is 0 Å². The van der Waals surface area contributed by atoms with Crippen LogP contribution in [0.2, 0.25) is 0 Å². The molecule has 0 aliphatic heterocycles. The van der Waals surface area contributed by atoms with Crippen LogP contribution in [0.4, 0.5) is 4.39 Å². The molecule has 0 saturated carbocycles. The van der Waals surface area contributed by atoms with Crippen LogP contribution in [-0.2, 0) is 6.54 Å². The first-order chi connectivity index (χ1) is 7.99. The molecule has 0 radical (unpaired) electrons. The molecule has 0 heterocycles. The average molecular weight is 239 g/mol. The molecule has 1 aromatic rings. The second kappa shape index (κ2) is 6.72. The summed E-state index contributed by atoms with van der Waals surface area (Å²) in [5.74, 6) is 0.254. The van der Waals surface area contributed by atoms with Crippen LogP contribution in [0.5, 0.6) is 0 Å². The first-order valence-electron chi connectivity index (χ1n) is 6.13. The molecule has 0 aromatic heterocycles. The van der Waals surface area contributed by atoms with E-state index in [0.717, 1.165) is 30.6 Å². The summed E-state index contributed by atoms with van der Waals surface area (Å²) in [6.07, 6.45) is 0.550. The van der Waals surface area contributed by atoms with Crippen LogP contribution in [0, 0.1) is 18.7 Å². The van der Waals surface area contributed by atoms with Gasteiger partial charge < -0.3 is 10.4 Å². The predicted octanol–water partition coefficient (Wildman–Crippen LogP) is 2.63. The molecule has 96 valence electrons. The van der Waals surface area contributed by atoms with E-state index in [2.05, 4.69) is 12.2 Å². The number of hydrogen-bond donors (Lipinski definition) is 2.